The van der Waals surface area contributed by atoms with Crippen LogP contribution in [-0.2, 0) is 40.6 Å². The van der Waals surface area contributed by atoms with E-state index in [2.05, 4.69) is 130 Å². The summed E-state index contributed by atoms with van der Waals surface area (Å²) in [6, 6.07) is 89.0. The Morgan fingerprint density at radius 3 is 1.09 bits per heavy atom. The van der Waals surface area contributed by atoms with Crippen LogP contribution in [0, 0.1) is 18.6 Å². The summed E-state index contributed by atoms with van der Waals surface area (Å²) < 4.78 is 65.3. The number of phenols is 2. The Balaban J connectivity index is 0.000000179. The highest BCUT2D eigenvalue weighted by Gasteiger charge is 2.25. The Morgan fingerprint density at radius 2 is 0.717 bits per heavy atom. The molecule has 0 aliphatic carbocycles. The number of para-hydroxylation sites is 4. The maximum atomic E-state index is 13.0. The van der Waals surface area contributed by atoms with Crippen molar-refractivity contribution in [2.24, 2.45) is 7.05 Å². The Labute approximate surface area is 573 Å². The number of aryl methyl sites for hydroxylation is 2. The molecule has 0 bridgehead atoms. The molecular formula is C84H74F2N4O8S. The van der Waals surface area contributed by atoms with Crippen molar-refractivity contribution in [3.8, 4) is 40.2 Å². The Morgan fingerprint density at radius 1 is 0.404 bits per heavy atom. The monoisotopic (exact) mass is 1340 g/mol. The van der Waals surface area contributed by atoms with Gasteiger partial charge in [-0.3, -0.25) is 9.13 Å². The first-order chi connectivity index (χ1) is 47.5. The average Bonchev–Trinajstić information content (AvgIpc) is 1.66. The van der Waals surface area contributed by atoms with Gasteiger partial charge in [-0.25, -0.2) is 26.8 Å². The third-order valence-corrected chi connectivity index (χ3v) is 19.2. The zero-order chi connectivity index (χ0) is 69.8. The van der Waals surface area contributed by atoms with Gasteiger partial charge < -0.3 is 29.7 Å². The number of sulfone groups is 1. The summed E-state index contributed by atoms with van der Waals surface area (Å²) in [7, 11) is -1.90. The molecular weight excluding hydrogens is 1260 g/mol. The molecule has 2 aromatic heterocycles. The highest BCUT2D eigenvalue weighted by atomic mass is 32.2. The van der Waals surface area contributed by atoms with Crippen molar-refractivity contribution in [2.45, 2.75) is 68.1 Å². The van der Waals surface area contributed by atoms with Gasteiger partial charge in [0, 0.05) is 17.9 Å². The maximum Gasteiger partial charge on any atom is 0.333 e. The van der Waals surface area contributed by atoms with Crippen molar-refractivity contribution >= 4 is 31.9 Å². The van der Waals surface area contributed by atoms with E-state index in [-0.39, 0.29) is 43.5 Å². The van der Waals surface area contributed by atoms with E-state index in [0.29, 0.717) is 0 Å². The van der Waals surface area contributed by atoms with Gasteiger partial charge in [-0.2, -0.15) is 0 Å². The van der Waals surface area contributed by atoms with E-state index in [4.69, 9.17) is 9.47 Å². The zero-order valence-electron chi connectivity index (χ0n) is 55.5. The van der Waals surface area contributed by atoms with Crippen molar-refractivity contribution < 1.29 is 36.9 Å². The molecule has 0 spiro atoms. The minimum Gasteiger partial charge on any atom is -0.508 e. The first-order valence-electron chi connectivity index (χ1n) is 32.1. The largest absolute Gasteiger partial charge is 0.508 e. The lowest BCUT2D eigenvalue weighted by molar-refractivity contribution is 0.474. The van der Waals surface area contributed by atoms with Crippen LogP contribution < -0.4 is 20.9 Å². The first kappa shape index (κ1) is 68.6. The minimum absolute atomic E-state index is 0.0227. The highest BCUT2D eigenvalue weighted by Crippen LogP contribution is 2.36. The lowest BCUT2D eigenvalue weighted by atomic mass is 9.78. The van der Waals surface area contributed by atoms with Gasteiger partial charge in [-0.15, -0.1) is 0 Å². The number of aromatic hydroxyl groups is 2. The van der Waals surface area contributed by atoms with Gasteiger partial charge >= 0.3 is 11.4 Å². The van der Waals surface area contributed by atoms with E-state index in [1.54, 1.807) is 33.4 Å². The van der Waals surface area contributed by atoms with Gasteiger partial charge in [0.1, 0.15) is 46.1 Å². The van der Waals surface area contributed by atoms with E-state index >= 15 is 0 Å². The molecule has 498 valence electrons. The topological polar surface area (TPSA) is 169 Å². The molecule has 12 aromatic carbocycles. The van der Waals surface area contributed by atoms with Gasteiger partial charge in [0.2, 0.25) is 9.84 Å². The molecule has 12 nitrogen and oxygen atoms in total. The molecule has 0 unspecified atom stereocenters. The van der Waals surface area contributed by atoms with Crippen LogP contribution in [0.1, 0.15) is 77.8 Å². The summed E-state index contributed by atoms with van der Waals surface area (Å²) in [5, 5.41) is 18.6. The van der Waals surface area contributed by atoms with Gasteiger partial charge in [-0.05, 0) is 222 Å². The number of halogens is 2. The number of fused-ring (bicyclic) bond motifs is 2. The zero-order valence-corrected chi connectivity index (χ0v) is 56.3. The second kappa shape index (κ2) is 30.1. The lowest BCUT2D eigenvalue weighted by Gasteiger charge is -2.26. The molecule has 0 atom stereocenters. The van der Waals surface area contributed by atoms with Crippen LogP contribution in [0.25, 0.3) is 27.8 Å². The summed E-state index contributed by atoms with van der Waals surface area (Å²) in [4.78, 5) is 28.9. The molecule has 0 saturated heterocycles. The molecule has 14 aromatic rings. The molecule has 15 heteroatoms. The van der Waals surface area contributed by atoms with Crippen LogP contribution in [0.3, 0.4) is 0 Å². The first-order valence-corrected chi connectivity index (χ1v) is 33.6. The Bertz CT molecular complexity index is 5110. The number of hydrogen-bond acceptors (Lipinski definition) is 8. The molecule has 99 heavy (non-hydrogen) atoms. The SMILES string of the molecule is CC(C)(c1ccc(O)cc1)c1ccc(O)cc1.Cc1ccc(Cc2ccc(Oc3ccc(C(C)(C)c4ccc(Oc5ccc(Cc6ccc(-n7c(=O)n(C)c8ccccc87)cc6)cc5)cc4)cc3)cc2)cc1.O=S(=O)(c1ccc(F)cc1)c1ccc(F)cc1.O=c1[nH]c2ccccc2[nH]1. The number of H-pyrrole nitrogens is 2. The third kappa shape index (κ3) is 16.9. The number of hydrogen-bond donors (Lipinski definition) is 4. The number of phenolic OH excluding ortho intramolecular Hbond substituents is 2. The number of aromatic nitrogens is 4. The molecule has 0 aliphatic rings. The number of aromatic amines is 2. The van der Waals surface area contributed by atoms with Crippen LogP contribution >= 0.6 is 0 Å². The van der Waals surface area contributed by atoms with Crippen LogP contribution in [0.4, 0.5) is 8.78 Å². The van der Waals surface area contributed by atoms with Crippen LogP contribution in [0.5, 0.6) is 34.5 Å². The third-order valence-electron chi connectivity index (χ3n) is 17.4. The van der Waals surface area contributed by atoms with E-state index < -0.39 is 21.5 Å². The molecule has 4 N–H and O–H groups in total. The summed E-state index contributed by atoms with van der Waals surface area (Å²) in [6.07, 6.45) is 1.69. The Kier molecular flexibility index (Phi) is 20.8. The minimum atomic E-state index is -3.71. The number of rotatable bonds is 15. The fourth-order valence-electron chi connectivity index (χ4n) is 11.4. The number of ether oxygens (including phenoxy) is 2. The van der Waals surface area contributed by atoms with Crippen LogP contribution in [-0.4, -0.2) is 37.7 Å². The second-order valence-corrected chi connectivity index (χ2v) is 27.0. The van der Waals surface area contributed by atoms with E-state index in [0.717, 1.165) is 99.0 Å². The molecule has 0 radical (unpaired) electrons. The number of nitrogens with zero attached hydrogens (tertiary/aromatic N) is 2. The summed E-state index contributed by atoms with van der Waals surface area (Å²) >= 11 is 0. The molecule has 0 saturated carbocycles. The van der Waals surface area contributed by atoms with Gasteiger partial charge in [-0.1, -0.05) is 167 Å². The maximum absolute atomic E-state index is 13.0. The predicted molar refractivity (Wildman–Crippen MR) is 389 cm³/mol. The second-order valence-electron chi connectivity index (χ2n) is 25.1. The van der Waals surface area contributed by atoms with E-state index in [1.165, 1.54) is 63.2 Å². The van der Waals surface area contributed by atoms with Crippen molar-refractivity contribution in [2.75, 3.05) is 0 Å². The van der Waals surface area contributed by atoms with Gasteiger partial charge in [0.15, 0.2) is 0 Å². The fraction of sp³-hybridized carbons (Fsp3) is 0.119. The summed E-state index contributed by atoms with van der Waals surface area (Å²) in [6.45, 7) is 10.8. The number of nitrogens with one attached hydrogen (secondary N) is 2. The fourth-order valence-corrected chi connectivity index (χ4v) is 12.7. The molecule has 0 fully saturated rings. The normalized spacial score (nSPS) is 11.4. The quantitative estimate of drug-likeness (QED) is 0.0736. The predicted octanol–water partition coefficient (Wildman–Crippen LogP) is 18.8. The van der Waals surface area contributed by atoms with Crippen molar-refractivity contribution in [3.05, 3.63) is 374 Å². The summed E-state index contributed by atoms with van der Waals surface area (Å²) in [5.74, 6) is 2.75. The van der Waals surface area contributed by atoms with Crippen LogP contribution in [0.2, 0.25) is 0 Å². The number of benzene rings is 12. The molecule has 0 amide bonds. The van der Waals surface area contributed by atoms with E-state index in [9.17, 15) is 37.0 Å². The molecule has 0 aliphatic heterocycles. The average molecular weight is 1340 g/mol. The highest BCUT2D eigenvalue weighted by molar-refractivity contribution is 7.91. The van der Waals surface area contributed by atoms with Gasteiger partial charge in [0.25, 0.3) is 0 Å². The van der Waals surface area contributed by atoms with Crippen molar-refractivity contribution in [3.63, 3.8) is 0 Å². The smallest absolute Gasteiger partial charge is 0.333 e. The summed E-state index contributed by atoms with van der Waals surface area (Å²) in [5.41, 5.74) is 14.7. The van der Waals surface area contributed by atoms with E-state index in [1.807, 2.05) is 141 Å². The standard InChI is InChI=1S/C50H44N2O3.C15H16O2.C12H8F2O2S.C7H6N2O/c1-35-9-11-36(12-10-35)33-38-15-25-43(26-16-38)54-45-29-19-40(20-30-45)50(2,3)41-21-31-46(32-22-41)55-44-27-17-39(18-28-44)34-37-13-23-42(24-14-37)52-48-8-6-5-7-47(48)51(4)49(52)53;1-15(2,11-3-7-13(16)8-4-11)12-5-9-14(17)10-6-12;13-9-1-5-11(6-2-9)17(15,16)12-7-3-10(14)4-8-12;10-7-8-5-3-1-2-4-6(5)9-7/h5-32H,33-34H2,1-4H3;3-10,16-17H,1-2H3;1-8H;1-4H,(H2,8,9,10). The lowest BCUT2D eigenvalue weighted by Crippen LogP contribution is -2.20. The van der Waals surface area contributed by atoms with Gasteiger partial charge in [0.05, 0.1) is 37.5 Å². The van der Waals surface area contributed by atoms with Crippen molar-refractivity contribution in [1.29, 1.82) is 0 Å². The molecule has 2 heterocycles. The Hall–Kier alpha value is -11.8. The van der Waals surface area contributed by atoms with Crippen molar-refractivity contribution in [1.82, 2.24) is 19.1 Å². The number of imidazole rings is 2. The van der Waals surface area contributed by atoms with Crippen LogP contribution in [0.15, 0.2) is 311 Å². The molecule has 14 rings (SSSR count).